The lowest BCUT2D eigenvalue weighted by atomic mass is 10.0. The van der Waals surface area contributed by atoms with Gasteiger partial charge in [0.1, 0.15) is 10.8 Å². The molecule has 2 aromatic carbocycles. The fourth-order valence-corrected chi connectivity index (χ4v) is 4.98. The smallest absolute Gasteiger partial charge is 0.260 e. The molecule has 0 radical (unpaired) electrons. The number of aryl methyl sites for hydroxylation is 1. The van der Waals surface area contributed by atoms with Crippen LogP contribution in [0.4, 0.5) is 5.69 Å². The van der Waals surface area contributed by atoms with Gasteiger partial charge >= 0.3 is 0 Å². The summed E-state index contributed by atoms with van der Waals surface area (Å²) >= 11 is 1.67. The van der Waals surface area contributed by atoms with Gasteiger partial charge in [0.25, 0.3) is 5.91 Å². The highest BCUT2D eigenvalue weighted by Crippen LogP contribution is 2.27. The SMILES string of the molecule is O=C1CCc2cc(OCC(=O)N3CCN(Cc4csc(-c5ccccc5)n4)CC3)ccc2N1. The second-order valence-electron chi connectivity index (χ2n) is 8.32. The zero-order valence-corrected chi connectivity index (χ0v) is 19.1. The lowest BCUT2D eigenvalue weighted by Gasteiger charge is -2.34. The van der Waals surface area contributed by atoms with Crippen molar-refractivity contribution in [2.45, 2.75) is 19.4 Å². The van der Waals surface area contributed by atoms with Crippen molar-refractivity contribution < 1.29 is 14.3 Å². The Morgan fingerprint density at radius 1 is 1.06 bits per heavy atom. The molecule has 1 aromatic heterocycles. The monoisotopic (exact) mass is 462 g/mol. The number of amides is 2. The number of rotatable bonds is 6. The van der Waals surface area contributed by atoms with Crippen LogP contribution in [-0.2, 0) is 22.6 Å². The maximum Gasteiger partial charge on any atom is 0.260 e. The summed E-state index contributed by atoms with van der Waals surface area (Å²) in [5.41, 5.74) is 4.10. The molecule has 1 saturated heterocycles. The minimum absolute atomic E-state index is 0.000644. The number of carbonyl (C=O) groups is 2. The highest BCUT2D eigenvalue weighted by atomic mass is 32.1. The van der Waals surface area contributed by atoms with Gasteiger partial charge in [-0.25, -0.2) is 4.98 Å². The number of thiazole rings is 1. The number of fused-ring (bicyclic) bond motifs is 1. The van der Waals surface area contributed by atoms with Crippen LogP contribution < -0.4 is 10.1 Å². The lowest BCUT2D eigenvalue weighted by molar-refractivity contribution is -0.135. The van der Waals surface area contributed by atoms with Gasteiger partial charge in [0.2, 0.25) is 5.91 Å². The number of ether oxygens (including phenoxy) is 1. The number of benzene rings is 2. The predicted molar refractivity (Wildman–Crippen MR) is 128 cm³/mol. The van der Waals surface area contributed by atoms with E-state index in [9.17, 15) is 9.59 Å². The van der Waals surface area contributed by atoms with Crippen LogP contribution >= 0.6 is 11.3 Å². The average Bonchev–Trinajstić information content (AvgIpc) is 3.32. The van der Waals surface area contributed by atoms with Gasteiger partial charge in [-0.15, -0.1) is 11.3 Å². The maximum absolute atomic E-state index is 12.6. The van der Waals surface area contributed by atoms with E-state index in [1.165, 1.54) is 0 Å². The highest BCUT2D eigenvalue weighted by molar-refractivity contribution is 7.13. The summed E-state index contributed by atoms with van der Waals surface area (Å²) in [6.45, 7) is 3.85. The molecule has 7 nitrogen and oxygen atoms in total. The van der Waals surface area contributed by atoms with Gasteiger partial charge < -0.3 is 15.0 Å². The van der Waals surface area contributed by atoms with Crippen molar-refractivity contribution in [1.82, 2.24) is 14.8 Å². The summed E-state index contributed by atoms with van der Waals surface area (Å²) in [4.78, 5) is 33.1. The van der Waals surface area contributed by atoms with Gasteiger partial charge in [0.15, 0.2) is 6.61 Å². The highest BCUT2D eigenvalue weighted by Gasteiger charge is 2.22. The van der Waals surface area contributed by atoms with Crippen LogP contribution in [0.15, 0.2) is 53.9 Å². The Bertz CT molecular complexity index is 1140. The van der Waals surface area contributed by atoms with Gasteiger partial charge in [0, 0.05) is 55.8 Å². The molecule has 3 aromatic rings. The predicted octanol–water partition coefficient (Wildman–Crippen LogP) is 3.42. The van der Waals surface area contributed by atoms with E-state index in [4.69, 9.17) is 9.72 Å². The van der Waals surface area contributed by atoms with Crippen molar-refractivity contribution in [2.24, 2.45) is 0 Å². The van der Waals surface area contributed by atoms with Crippen LogP contribution in [0.5, 0.6) is 5.75 Å². The molecule has 1 fully saturated rings. The Morgan fingerprint density at radius 2 is 1.88 bits per heavy atom. The molecule has 3 heterocycles. The molecule has 2 aliphatic heterocycles. The second-order valence-corrected chi connectivity index (χ2v) is 9.18. The molecule has 1 N–H and O–H groups in total. The Labute approximate surface area is 197 Å². The number of hydrogen-bond donors (Lipinski definition) is 1. The van der Waals surface area contributed by atoms with Crippen LogP contribution in [0.3, 0.4) is 0 Å². The first-order valence-corrected chi connectivity index (χ1v) is 12.1. The molecular weight excluding hydrogens is 436 g/mol. The molecule has 8 heteroatoms. The van der Waals surface area contributed by atoms with Crippen LogP contribution in [0.25, 0.3) is 10.6 Å². The molecular formula is C25H26N4O3S. The lowest BCUT2D eigenvalue weighted by Crippen LogP contribution is -2.49. The molecule has 170 valence electrons. The minimum Gasteiger partial charge on any atom is -0.484 e. The van der Waals surface area contributed by atoms with E-state index in [0.29, 0.717) is 31.7 Å². The Hall–Kier alpha value is -3.23. The number of anilines is 1. The topological polar surface area (TPSA) is 74.8 Å². The van der Waals surface area contributed by atoms with Gasteiger partial charge in [-0.05, 0) is 30.2 Å². The maximum atomic E-state index is 12.6. The molecule has 0 atom stereocenters. The van der Waals surface area contributed by atoms with Crippen LogP contribution in [0, 0.1) is 0 Å². The van der Waals surface area contributed by atoms with Crippen molar-refractivity contribution in [3.63, 3.8) is 0 Å². The minimum atomic E-state index is 0.000644. The summed E-state index contributed by atoms with van der Waals surface area (Å²) in [5.74, 6) is 0.701. The number of hydrogen-bond acceptors (Lipinski definition) is 6. The molecule has 0 aliphatic carbocycles. The fourth-order valence-electron chi connectivity index (χ4n) is 4.16. The van der Waals surface area contributed by atoms with Crippen molar-refractivity contribution in [1.29, 1.82) is 0 Å². The third-order valence-corrected chi connectivity index (χ3v) is 6.96. The number of nitrogens with one attached hydrogen (secondary N) is 1. The standard InChI is InChI=1S/C25H26N4O3S/c30-23-9-6-19-14-21(7-8-22(19)27-23)32-16-24(31)29-12-10-28(11-13-29)15-20-17-33-25(26-20)18-4-2-1-3-5-18/h1-5,7-8,14,17H,6,9-13,15-16H2,(H,27,30). The summed E-state index contributed by atoms with van der Waals surface area (Å²) in [5, 5.41) is 6.02. The zero-order valence-electron chi connectivity index (χ0n) is 18.3. The van der Waals surface area contributed by atoms with E-state index < -0.39 is 0 Å². The van der Waals surface area contributed by atoms with E-state index in [0.717, 1.165) is 47.2 Å². The van der Waals surface area contributed by atoms with Gasteiger partial charge in [-0.2, -0.15) is 0 Å². The van der Waals surface area contributed by atoms with Crippen molar-refractivity contribution in [3.05, 3.63) is 65.2 Å². The Morgan fingerprint density at radius 3 is 2.70 bits per heavy atom. The Kier molecular flexibility index (Phi) is 6.37. The molecule has 0 spiro atoms. The summed E-state index contributed by atoms with van der Waals surface area (Å²) in [6.07, 6.45) is 1.17. The fraction of sp³-hybridized carbons (Fsp3) is 0.320. The van der Waals surface area contributed by atoms with Crippen LogP contribution in [-0.4, -0.2) is 59.4 Å². The summed E-state index contributed by atoms with van der Waals surface area (Å²) < 4.78 is 5.76. The first-order valence-electron chi connectivity index (χ1n) is 11.2. The van der Waals surface area contributed by atoms with Crippen molar-refractivity contribution >= 4 is 28.8 Å². The van der Waals surface area contributed by atoms with E-state index in [1.807, 2.05) is 35.2 Å². The van der Waals surface area contributed by atoms with Gasteiger partial charge in [-0.3, -0.25) is 14.5 Å². The quantitative estimate of drug-likeness (QED) is 0.608. The Balaban J connectivity index is 1.08. The number of carbonyl (C=O) groups excluding carboxylic acids is 2. The molecule has 2 aliphatic rings. The first-order chi connectivity index (χ1) is 16.1. The van der Waals surface area contributed by atoms with Crippen LogP contribution in [0.2, 0.25) is 0 Å². The molecule has 5 rings (SSSR count). The summed E-state index contributed by atoms with van der Waals surface area (Å²) in [6, 6.07) is 15.8. The van der Waals surface area contributed by atoms with E-state index >= 15 is 0 Å². The second kappa shape index (κ2) is 9.72. The third kappa shape index (κ3) is 5.23. The van der Waals surface area contributed by atoms with E-state index in [-0.39, 0.29) is 18.4 Å². The van der Waals surface area contributed by atoms with Gasteiger partial charge in [-0.1, -0.05) is 30.3 Å². The molecule has 0 bridgehead atoms. The zero-order chi connectivity index (χ0) is 22.6. The number of piperazine rings is 1. The number of nitrogens with zero attached hydrogens (tertiary/aromatic N) is 3. The molecule has 0 unspecified atom stereocenters. The molecule has 33 heavy (non-hydrogen) atoms. The first kappa shape index (κ1) is 21.6. The van der Waals surface area contributed by atoms with E-state index in [1.54, 1.807) is 17.4 Å². The van der Waals surface area contributed by atoms with Gasteiger partial charge in [0.05, 0.1) is 5.69 Å². The molecule has 2 amide bonds. The largest absolute Gasteiger partial charge is 0.484 e. The van der Waals surface area contributed by atoms with E-state index in [2.05, 4.69) is 27.7 Å². The number of aromatic nitrogens is 1. The normalized spacial score (nSPS) is 16.2. The molecule has 0 saturated carbocycles. The van der Waals surface area contributed by atoms with Crippen molar-refractivity contribution in [3.8, 4) is 16.3 Å². The summed E-state index contributed by atoms with van der Waals surface area (Å²) in [7, 11) is 0. The third-order valence-electron chi connectivity index (χ3n) is 6.02. The average molecular weight is 463 g/mol. The van der Waals surface area contributed by atoms with Crippen LogP contribution in [0.1, 0.15) is 17.7 Å². The van der Waals surface area contributed by atoms with Crippen molar-refractivity contribution in [2.75, 3.05) is 38.1 Å².